The maximum absolute atomic E-state index is 13.3. The van der Waals surface area contributed by atoms with Crippen LogP contribution in [-0.4, -0.2) is 43.7 Å². The Bertz CT molecular complexity index is 929. The summed E-state index contributed by atoms with van der Waals surface area (Å²) in [4.78, 5) is 24.0. The molecule has 1 aliphatic carbocycles. The van der Waals surface area contributed by atoms with E-state index in [1.54, 1.807) is 12.1 Å². The number of carbonyl (C=O) groups is 2. The van der Waals surface area contributed by atoms with Crippen LogP contribution in [0.15, 0.2) is 41.8 Å². The lowest BCUT2D eigenvalue weighted by molar-refractivity contribution is -0.120. The third-order valence-corrected chi connectivity index (χ3v) is 7.72. The molecule has 7 nitrogen and oxygen atoms in total. The van der Waals surface area contributed by atoms with Crippen LogP contribution in [0.1, 0.15) is 40.5 Å². The van der Waals surface area contributed by atoms with Crippen molar-refractivity contribution in [3.63, 3.8) is 0 Å². The average Bonchev–Trinajstić information content (AvgIpc) is 3.49. The van der Waals surface area contributed by atoms with Crippen LogP contribution in [-0.2, 0) is 19.6 Å². The minimum atomic E-state index is -3.72. The molecular weight excluding hydrogens is 402 g/mol. The third-order valence-electron chi connectivity index (χ3n) is 5.91. The van der Waals surface area contributed by atoms with Crippen molar-refractivity contribution < 1.29 is 18.0 Å². The fourth-order valence-electron chi connectivity index (χ4n) is 4.42. The quantitative estimate of drug-likeness (QED) is 0.675. The Labute approximate surface area is 179 Å². The average molecular weight is 434 g/mol. The van der Waals surface area contributed by atoms with E-state index in [4.69, 9.17) is 0 Å². The van der Waals surface area contributed by atoms with E-state index in [0.29, 0.717) is 5.69 Å². The van der Waals surface area contributed by atoms with Gasteiger partial charge in [-0.05, 0) is 54.0 Å². The Morgan fingerprint density at radius 2 is 1.60 bits per heavy atom. The molecule has 0 aromatic heterocycles. The number of carbonyl (C=O) groups excluding carboxylic acids is 2. The Balaban J connectivity index is 1.79. The van der Waals surface area contributed by atoms with Crippen molar-refractivity contribution in [2.24, 2.45) is 16.7 Å². The van der Waals surface area contributed by atoms with E-state index in [2.05, 4.69) is 17.2 Å². The molecule has 0 radical (unpaired) electrons. The molecule has 164 valence electrons. The summed E-state index contributed by atoms with van der Waals surface area (Å²) in [5, 5.41) is 5.80. The molecule has 1 aromatic carbocycles. The summed E-state index contributed by atoms with van der Waals surface area (Å²) in [5.41, 5.74) is -0.366. The largest absolute Gasteiger partial charge is 0.349 e. The van der Waals surface area contributed by atoms with Crippen LogP contribution in [0, 0.1) is 16.7 Å². The molecular formula is C22H31N3O4S. The highest BCUT2D eigenvalue weighted by molar-refractivity contribution is 7.89. The summed E-state index contributed by atoms with van der Waals surface area (Å²) in [6.07, 6.45) is 3.05. The van der Waals surface area contributed by atoms with E-state index in [0.717, 1.165) is 12.8 Å². The molecule has 1 aliphatic heterocycles. The summed E-state index contributed by atoms with van der Waals surface area (Å²) in [7, 11) is -3.72. The van der Waals surface area contributed by atoms with Crippen LogP contribution in [0.4, 0.5) is 5.69 Å². The molecule has 8 heteroatoms. The first-order valence-corrected chi connectivity index (χ1v) is 11.6. The van der Waals surface area contributed by atoms with Crippen LogP contribution in [0.2, 0.25) is 0 Å². The maximum atomic E-state index is 13.3. The zero-order valence-corrected chi connectivity index (χ0v) is 18.9. The van der Waals surface area contributed by atoms with Gasteiger partial charge < -0.3 is 10.6 Å². The number of piperidine rings is 1. The molecule has 0 atom stereocenters. The number of sulfonamides is 1. The Morgan fingerprint density at radius 3 is 2.07 bits per heavy atom. The first-order chi connectivity index (χ1) is 13.9. The molecule has 1 aromatic rings. The molecule has 1 heterocycles. The predicted molar refractivity (Wildman–Crippen MR) is 116 cm³/mol. The van der Waals surface area contributed by atoms with Gasteiger partial charge in [0.15, 0.2) is 0 Å². The number of hydrogen-bond acceptors (Lipinski definition) is 4. The summed E-state index contributed by atoms with van der Waals surface area (Å²) in [6, 6.07) is 6.11. The van der Waals surface area contributed by atoms with Crippen LogP contribution in [0.5, 0.6) is 0 Å². The lowest BCUT2D eigenvalue weighted by Crippen LogP contribution is -2.64. The van der Waals surface area contributed by atoms with Gasteiger partial charge in [0.05, 0.1) is 4.90 Å². The highest BCUT2D eigenvalue weighted by Gasteiger charge is 2.50. The van der Waals surface area contributed by atoms with Crippen molar-refractivity contribution in [3.05, 3.63) is 36.9 Å². The molecule has 1 saturated heterocycles. The van der Waals surface area contributed by atoms with Gasteiger partial charge >= 0.3 is 0 Å². The van der Waals surface area contributed by atoms with E-state index in [9.17, 15) is 18.0 Å². The molecule has 0 spiro atoms. The molecule has 1 saturated carbocycles. The van der Waals surface area contributed by atoms with Gasteiger partial charge in [-0.1, -0.05) is 34.3 Å². The van der Waals surface area contributed by atoms with Crippen LogP contribution in [0.25, 0.3) is 0 Å². The van der Waals surface area contributed by atoms with Crippen LogP contribution >= 0.6 is 0 Å². The monoisotopic (exact) mass is 433 g/mol. The molecule has 2 N–H and O–H groups in total. The highest BCUT2D eigenvalue weighted by Crippen LogP contribution is 2.42. The van der Waals surface area contributed by atoms with E-state index in [1.165, 1.54) is 22.5 Å². The molecule has 2 aliphatic rings. The molecule has 30 heavy (non-hydrogen) atoms. The van der Waals surface area contributed by atoms with Crippen molar-refractivity contribution in [2.75, 3.05) is 18.4 Å². The molecule has 2 amide bonds. The number of nitrogens with zero attached hydrogens (tertiary/aromatic N) is 1. The van der Waals surface area contributed by atoms with Gasteiger partial charge in [0.2, 0.25) is 21.8 Å². The van der Waals surface area contributed by atoms with Gasteiger partial charge in [-0.15, -0.1) is 0 Å². The molecule has 0 unspecified atom stereocenters. The number of rotatable bonds is 6. The van der Waals surface area contributed by atoms with Crippen molar-refractivity contribution in [1.29, 1.82) is 0 Å². The van der Waals surface area contributed by atoms with E-state index >= 15 is 0 Å². The fourth-order valence-corrected chi connectivity index (χ4v) is 6.20. The zero-order valence-electron chi connectivity index (χ0n) is 18.1. The highest BCUT2D eigenvalue weighted by atomic mass is 32.2. The molecule has 3 rings (SSSR count). The first-order valence-electron chi connectivity index (χ1n) is 10.2. The number of benzene rings is 1. The standard InChI is InChI=1S/C22H31N3O4S/c1-6-18(26)24-20-21(2,3)13-25(14-22(20,4)5)30(28,29)17-11-9-16(10-12-17)23-19(27)15-7-8-15/h6,9-12,15,20H,1,7-8,13-14H2,2-5H3,(H,23,27)(H,24,26). The fraction of sp³-hybridized carbons (Fsp3) is 0.545. The minimum absolute atomic E-state index is 0.0160. The number of nitrogens with one attached hydrogen (secondary N) is 2. The molecule has 0 bridgehead atoms. The second kappa shape index (κ2) is 7.81. The number of hydrogen-bond donors (Lipinski definition) is 2. The van der Waals surface area contributed by atoms with Gasteiger partial charge in [-0.25, -0.2) is 8.42 Å². The predicted octanol–water partition coefficient (Wildman–Crippen LogP) is 2.76. The lowest BCUT2D eigenvalue weighted by atomic mass is 9.67. The van der Waals surface area contributed by atoms with Gasteiger partial charge in [0.1, 0.15) is 0 Å². The Kier molecular flexibility index (Phi) is 5.86. The van der Waals surface area contributed by atoms with Crippen LogP contribution < -0.4 is 10.6 Å². The van der Waals surface area contributed by atoms with E-state index in [1.807, 2.05) is 27.7 Å². The lowest BCUT2D eigenvalue weighted by Gasteiger charge is -2.52. The van der Waals surface area contributed by atoms with Gasteiger partial charge in [0.25, 0.3) is 0 Å². The molecule has 2 fully saturated rings. The van der Waals surface area contributed by atoms with E-state index < -0.39 is 20.9 Å². The Hall–Kier alpha value is -2.19. The van der Waals surface area contributed by atoms with Crippen LogP contribution in [0.3, 0.4) is 0 Å². The maximum Gasteiger partial charge on any atom is 0.243 e. The van der Waals surface area contributed by atoms with Gasteiger partial charge in [0, 0.05) is 30.7 Å². The zero-order chi connectivity index (χ0) is 22.3. The van der Waals surface area contributed by atoms with Crippen molar-refractivity contribution >= 4 is 27.5 Å². The van der Waals surface area contributed by atoms with Crippen molar-refractivity contribution in [2.45, 2.75) is 51.5 Å². The summed E-state index contributed by atoms with van der Waals surface area (Å²) >= 11 is 0. The second-order valence-electron chi connectivity index (χ2n) is 9.68. The van der Waals surface area contributed by atoms with Gasteiger partial charge in [-0.2, -0.15) is 4.31 Å². The normalized spacial score (nSPS) is 21.6. The first kappa shape index (κ1) is 22.5. The van der Waals surface area contributed by atoms with Crippen molar-refractivity contribution in [1.82, 2.24) is 9.62 Å². The summed E-state index contributed by atoms with van der Waals surface area (Å²) in [6.45, 7) is 11.9. The third kappa shape index (κ3) is 4.59. The second-order valence-corrected chi connectivity index (χ2v) is 11.6. The smallest absolute Gasteiger partial charge is 0.243 e. The number of anilines is 1. The summed E-state index contributed by atoms with van der Waals surface area (Å²) < 4.78 is 28.2. The number of amides is 2. The summed E-state index contributed by atoms with van der Waals surface area (Å²) in [5.74, 6) is -0.195. The topological polar surface area (TPSA) is 95.6 Å². The van der Waals surface area contributed by atoms with Crippen molar-refractivity contribution in [3.8, 4) is 0 Å². The Morgan fingerprint density at radius 1 is 1.07 bits per heavy atom. The van der Waals surface area contributed by atoms with E-state index in [-0.39, 0.29) is 41.8 Å². The van der Waals surface area contributed by atoms with Gasteiger partial charge in [-0.3, -0.25) is 9.59 Å². The minimum Gasteiger partial charge on any atom is -0.349 e. The SMILES string of the molecule is C=CC(=O)NC1C(C)(C)CN(S(=O)(=O)c2ccc(NC(=O)C3CC3)cc2)CC1(C)C.